The normalized spacial score (nSPS) is 11.3. The molecule has 3 heteroatoms. The van der Waals surface area contributed by atoms with Gasteiger partial charge in [-0.05, 0) is 31.0 Å². The molecule has 0 aliphatic carbocycles. The topological polar surface area (TPSA) is 34.1 Å². The van der Waals surface area contributed by atoms with Crippen LogP contribution >= 0.6 is 0 Å². The van der Waals surface area contributed by atoms with Crippen molar-refractivity contribution in [3.63, 3.8) is 0 Å². The number of nitrogens with zero attached hydrogens (tertiary/aromatic N) is 1. The molecule has 1 rings (SSSR count). The first-order chi connectivity index (χ1) is 8.72. The zero-order valence-electron chi connectivity index (χ0n) is 11.6. The van der Waals surface area contributed by atoms with Crippen LogP contribution in [-0.2, 0) is 0 Å². The van der Waals surface area contributed by atoms with E-state index < -0.39 is 0 Å². The van der Waals surface area contributed by atoms with Crippen LogP contribution in [0, 0.1) is 0 Å². The molecule has 0 spiro atoms. The van der Waals surface area contributed by atoms with Gasteiger partial charge in [0.1, 0.15) is 5.75 Å². The first-order valence-electron chi connectivity index (χ1n) is 6.70. The predicted octanol–water partition coefficient (Wildman–Crippen LogP) is 3.27. The molecule has 3 nitrogen and oxygen atoms in total. The second-order valence-corrected chi connectivity index (χ2v) is 4.60. The molecule has 0 radical (unpaired) electrons. The fourth-order valence-corrected chi connectivity index (χ4v) is 1.50. The first kappa shape index (κ1) is 14.7. The Morgan fingerprint density at radius 1 is 1.39 bits per heavy atom. The summed E-state index contributed by atoms with van der Waals surface area (Å²) in [5, 5.41) is 3.38. The summed E-state index contributed by atoms with van der Waals surface area (Å²) in [6, 6.07) is 2.57. The fourth-order valence-electron chi connectivity index (χ4n) is 1.50. The van der Waals surface area contributed by atoms with Gasteiger partial charge in [0.25, 0.3) is 0 Å². The average molecular weight is 248 g/mol. The molecule has 0 saturated carbocycles. The van der Waals surface area contributed by atoms with Crippen molar-refractivity contribution in [1.29, 1.82) is 0 Å². The monoisotopic (exact) mass is 248 g/mol. The number of ether oxygens (including phenoxy) is 1. The van der Waals surface area contributed by atoms with Crippen LogP contribution in [-0.4, -0.2) is 24.2 Å². The van der Waals surface area contributed by atoms with Gasteiger partial charge in [-0.2, -0.15) is 0 Å². The second kappa shape index (κ2) is 8.70. The van der Waals surface area contributed by atoms with Gasteiger partial charge in [0, 0.05) is 12.2 Å². The highest BCUT2D eigenvalue weighted by molar-refractivity contribution is 5.49. The first-order valence-corrected chi connectivity index (χ1v) is 6.70. The number of nitrogens with one attached hydrogen (secondary N) is 1. The molecule has 0 fully saturated rings. The number of hydrogen-bond acceptors (Lipinski definition) is 3. The van der Waals surface area contributed by atoms with Crippen LogP contribution in [0.2, 0.25) is 0 Å². The van der Waals surface area contributed by atoms with E-state index >= 15 is 0 Å². The molecule has 18 heavy (non-hydrogen) atoms. The van der Waals surface area contributed by atoms with E-state index in [1.165, 1.54) is 0 Å². The second-order valence-electron chi connectivity index (χ2n) is 4.60. The van der Waals surface area contributed by atoms with Crippen molar-refractivity contribution in [2.75, 3.05) is 13.2 Å². The summed E-state index contributed by atoms with van der Waals surface area (Å²) in [7, 11) is 0. The molecule has 0 aromatic carbocycles. The molecule has 0 aliphatic rings. The van der Waals surface area contributed by atoms with E-state index in [1.807, 2.05) is 12.3 Å². The molecule has 0 saturated heterocycles. The summed E-state index contributed by atoms with van der Waals surface area (Å²) in [5.41, 5.74) is 1.09. The Kier molecular flexibility index (Phi) is 7.11. The summed E-state index contributed by atoms with van der Waals surface area (Å²) in [6.45, 7) is 8.16. The molecule has 1 aromatic heterocycles. The van der Waals surface area contributed by atoms with Crippen molar-refractivity contribution in [2.45, 2.75) is 39.7 Å². The van der Waals surface area contributed by atoms with Crippen LogP contribution in [0.5, 0.6) is 5.75 Å². The van der Waals surface area contributed by atoms with Gasteiger partial charge in [-0.1, -0.05) is 32.9 Å². The number of hydrogen-bond donors (Lipinski definition) is 1. The lowest BCUT2D eigenvalue weighted by Crippen LogP contribution is -2.23. The largest absolute Gasteiger partial charge is 0.492 e. The minimum absolute atomic E-state index is 0.547. The van der Waals surface area contributed by atoms with E-state index in [9.17, 15) is 0 Å². The summed E-state index contributed by atoms with van der Waals surface area (Å²) in [4.78, 5) is 4.17. The Hall–Kier alpha value is -1.35. The van der Waals surface area contributed by atoms with Crippen LogP contribution < -0.4 is 10.1 Å². The van der Waals surface area contributed by atoms with Crippen LogP contribution in [0.25, 0.3) is 6.08 Å². The van der Waals surface area contributed by atoms with Crippen molar-refractivity contribution in [3.05, 3.63) is 30.1 Å². The molecule has 0 atom stereocenters. The van der Waals surface area contributed by atoms with Gasteiger partial charge >= 0.3 is 0 Å². The lowest BCUT2D eigenvalue weighted by molar-refractivity contribution is 0.316. The maximum absolute atomic E-state index is 5.55. The van der Waals surface area contributed by atoms with Gasteiger partial charge in [0.15, 0.2) is 0 Å². The average Bonchev–Trinajstić information content (AvgIpc) is 2.36. The van der Waals surface area contributed by atoms with Gasteiger partial charge in [0.2, 0.25) is 0 Å². The molecule has 100 valence electrons. The Morgan fingerprint density at radius 3 is 2.94 bits per heavy atom. The maximum Gasteiger partial charge on any atom is 0.138 e. The van der Waals surface area contributed by atoms with E-state index in [-0.39, 0.29) is 0 Å². The van der Waals surface area contributed by atoms with Gasteiger partial charge in [-0.15, -0.1) is 0 Å². The summed E-state index contributed by atoms with van der Waals surface area (Å²) in [6.07, 6.45) is 9.90. The molecule has 1 aromatic rings. The van der Waals surface area contributed by atoms with Gasteiger partial charge in [-0.25, -0.2) is 0 Å². The Bertz CT molecular complexity index is 361. The van der Waals surface area contributed by atoms with Crippen molar-refractivity contribution < 1.29 is 4.74 Å². The summed E-state index contributed by atoms with van der Waals surface area (Å²) < 4.78 is 5.55. The molecule has 0 aliphatic heterocycles. The number of rotatable bonds is 8. The van der Waals surface area contributed by atoms with Crippen molar-refractivity contribution in [2.24, 2.45) is 0 Å². The van der Waals surface area contributed by atoms with Crippen molar-refractivity contribution >= 4 is 6.08 Å². The molecular formula is C15H24N2O. The Balaban J connectivity index is 2.38. The molecule has 0 bridgehead atoms. The SMILES string of the molecule is CCCOc1cncc(/C=C/CCNC(C)C)c1. The van der Waals surface area contributed by atoms with Crippen LogP contribution in [0.4, 0.5) is 0 Å². The fraction of sp³-hybridized carbons (Fsp3) is 0.533. The highest BCUT2D eigenvalue weighted by atomic mass is 16.5. The Labute approximate surface area is 110 Å². The highest BCUT2D eigenvalue weighted by Gasteiger charge is 1.94. The lowest BCUT2D eigenvalue weighted by Gasteiger charge is -2.05. The van der Waals surface area contributed by atoms with Gasteiger partial charge in [0.05, 0.1) is 12.8 Å². The predicted molar refractivity (Wildman–Crippen MR) is 76.8 cm³/mol. The van der Waals surface area contributed by atoms with Crippen molar-refractivity contribution in [3.8, 4) is 5.75 Å². The van der Waals surface area contributed by atoms with E-state index in [4.69, 9.17) is 4.74 Å². The van der Waals surface area contributed by atoms with Crippen LogP contribution in [0.3, 0.4) is 0 Å². The standard InChI is InChI=1S/C15H24N2O/c1-4-9-18-15-10-14(11-16-12-15)7-5-6-8-17-13(2)3/h5,7,10-13,17H,4,6,8-9H2,1-3H3/b7-5+. The van der Waals surface area contributed by atoms with Gasteiger partial charge in [-0.3, -0.25) is 4.98 Å². The minimum Gasteiger partial charge on any atom is -0.492 e. The van der Waals surface area contributed by atoms with Gasteiger partial charge < -0.3 is 10.1 Å². The Morgan fingerprint density at radius 2 is 2.22 bits per heavy atom. The molecule has 0 unspecified atom stereocenters. The highest BCUT2D eigenvalue weighted by Crippen LogP contribution is 2.12. The zero-order valence-corrected chi connectivity index (χ0v) is 11.6. The quantitative estimate of drug-likeness (QED) is 0.717. The van der Waals surface area contributed by atoms with E-state index in [1.54, 1.807) is 6.20 Å². The third-order valence-electron chi connectivity index (χ3n) is 2.38. The van der Waals surface area contributed by atoms with E-state index in [0.29, 0.717) is 6.04 Å². The van der Waals surface area contributed by atoms with Crippen LogP contribution in [0.1, 0.15) is 39.2 Å². The third kappa shape index (κ3) is 6.40. The van der Waals surface area contributed by atoms with E-state index in [0.717, 1.165) is 37.3 Å². The van der Waals surface area contributed by atoms with Crippen molar-refractivity contribution in [1.82, 2.24) is 10.3 Å². The smallest absolute Gasteiger partial charge is 0.138 e. The van der Waals surface area contributed by atoms with Crippen LogP contribution in [0.15, 0.2) is 24.5 Å². The minimum atomic E-state index is 0.547. The zero-order chi connectivity index (χ0) is 13.2. The number of aromatic nitrogens is 1. The molecule has 1 heterocycles. The lowest BCUT2D eigenvalue weighted by atomic mass is 10.2. The third-order valence-corrected chi connectivity index (χ3v) is 2.38. The number of pyridine rings is 1. The maximum atomic E-state index is 5.55. The summed E-state index contributed by atoms with van der Waals surface area (Å²) in [5.74, 6) is 0.847. The van der Waals surface area contributed by atoms with E-state index in [2.05, 4.69) is 43.2 Å². The summed E-state index contributed by atoms with van der Waals surface area (Å²) >= 11 is 0. The molecule has 0 amide bonds. The molecular weight excluding hydrogens is 224 g/mol. The molecule has 1 N–H and O–H groups in total.